The lowest BCUT2D eigenvalue weighted by Gasteiger charge is -2.05. The quantitative estimate of drug-likeness (QED) is 0.551. The summed E-state index contributed by atoms with van der Waals surface area (Å²) in [6.07, 6.45) is 2.76. The van der Waals surface area contributed by atoms with Gasteiger partial charge in [-0.1, -0.05) is 42.5 Å². The number of benzene rings is 2. The van der Waals surface area contributed by atoms with Gasteiger partial charge >= 0.3 is 0 Å². The molecule has 4 aromatic rings. The standard InChI is InChI=1S/C22H16N2O2S/c25-17-8-4-5-14(12-17)11-16-9-10-24-20(16)23-21-19(22(24)26)18(13-27-21)15-6-2-1-3-7-15/h1-8,11-13,25H,9-10H2/b16-11-. The Hall–Kier alpha value is -3.18. The molecule has 0 bridgehead atoms. The van der Waals surface area contributed by atoms with Crippen LogP contribution in [0.2, 0.25) is 0 Å². The number of aromatic nitrogens is 2. The van der Waals surface area contributed by atoms with Crippen molar-refractivity contribution in [1.82, 2.24) is 9.55 Å². The number of phenols is 1. The van der Waals surface area contributed by atoms with Crippen LogP contribution in [0.1, 0.15) is 17.8 Å². The number of hydrogen-bond donors (Lipinski definition) is 1. The highest BCUT2D eigenvalue weighted by Gasteiger charge is 2.23. The third-order valence-corrected chi connectivity index (χ3v) is 5.75. The van der Waals surface area contributed by atoms with E-state index in [9.17, 15) is 9.90 Å². The van der Waals surface area contributed by atoms with Crippen LogP contribution in [0.25, 0.3) is 33.0 Å². The summed E-state index contributed by atoms with van der Waals surface area (Å²) in [4.78, 5) is 18.8. The minimum absolute atomic E-state index is 0.0226. The first-order chi connectivity index (χ1) is 13.2. The Morgan fingerprint density at radius 2 is 1.96 bits per heavy atom. The Labute approximate surface area is 159 Å². The highest BCUT2D eigenvalue weighted by molar-refractivity contribution is 7.17. The number of hydrogen-bond acceptors (Lipinski definition) is 4. The van der Waals surface area contributed by atoms with Gasteiger partial charge in [-0.3, -0.25) is 9.36 Å². The highest BCUT2D eigenvalue weighted by atomic mass is 32.1. The van der Waals surface area contributed by atoms with Crippen LogP contribution in [0.3, 0.4) is 0 Å². The molecular weight excluding hydrogens is 356 g/mol. The maximum absolute atomic E-state index is 13.2. The molecule has 0 amide bonds. The summed E-state index contributed by atoms with van der Waals surface area (Å²) in [5.74, 6) is 0.964. The van der Waals surface area contributed by atoms with Gasteiger partial charge in [-0.15, -0.1) is 11.3 Å². The van der Waals surface area contributed by atoms with Gasteiger partial charge < -0.3 is 5.11 Å². The molecular formula is C22H16N2O2S. The van der Waals surface area contributed by atoms with Crippen molar-refractivity contribution in [3.63, 3.8) is 0 Å². The lowest BCUT2D eigenvalue weighted by molar-refractivity contribution is 0.475. The maximum Gasteiger partial charge on any atom is 0.263 e. The van der Waals surface area contributed by atoms with Crippen LogP contribution in [-0.2, 0) is 6.54 Å². The largest absolute Gasteiger partial charge is 0.508 e. The molecule has 3 heterocycles. The van der Waals surface area contributed by atoms with E-state index in [1.807, 2.05) is 53.9 Å². The molecule has 5 rings (SSSR count). The van der Waals surface area contributed by atoms with E-state index in [1.54, 1.807) is 16.7 Å². The van der Waals surface area contributed by atoms with Crippen LogP contribution >= 0.6 is 11.3 Å². The van der Waals surface area contributed by atoms with Crippen LogP contribution in [0, 0.1) is 0 Å². The van der Waals surface area contributed by atoms with E-state index in [1.165, 1.54) is 11.3 Å². The average molecular weight is 372 g/mol. The lowest BCUT2D eigenvalue weighted by Crippen LogP contribution is -2.20. The fraction of sp³-hybridized carbons (Fsp3) is 0.0909. The minimum Gasteiger partial charge on any atom is -0.508 e. The smallest absolute Gasteiger partial charge is 0.263 e. The SMILES string of the molecule is O=c1c2c(-c3ccccc3)csc2nc2n1CC/C2=C/c1cccc(O)c1. The molecule has 1 N–H and O–H groups in total. The summed E-state index contributed by atoms with van der Waals surface area (Å²) < 4.78 is 1.77. The van der Waals surface area contributed by atoms with E-state index in [0.29, 0.717) is 11.9 Å². The zero-order valence-electron chi connectivity index (χ0n) is 14.4. The molecule has 0 saturated carbocycles. The monoisotopic (exact) mass is 372 g/mol. The second kappa shape index (κ2) is 6.21. The van der Waals surface area contributed by atoms with Crippen molar-refractivity contribution in [2.24, 2.45) is 0 Å². The third kappa shape index (κ3) is 2.67. The van der Waals surface area contributed by atoms with Gasteiger partial charge in [0, 0.05) is 17.5 Å². The molecule has 4 nitrogen and oxygen atoms in total. The zero-order valence-corrected chi connectivity index (χ0v) is 15.2. The highest BCUT2D eigenvalue weighted by Crippen LogP contribution is 2.34. The van der Waals surface area contributed by atoms with Gasteiger partial charge in [0.1, 0.15) is 16.4 Å². The summed E-state index contributed by atoms with van der Waals surface area (Å²) in [5, 5.41) is 12.4. The average Bonchev–Trinajstić information content (AvgIpc) is 3.28. The summed E-state index contributed by atoms with van der Waals surface area (Å²) >= 11 is 1.51. The number of rotatable bonds is 2. The Morgan fingerprint density at radius 1 is 1.11 bits per heavy atom. The number of aromatic hydroxyl groups is 1. The molecule has 0 radical (unpaired) electrons. The Kier molecular flexibility index (Phi) is 3.69. The minimum atomic E-state index is 0.0226. The topological polar surface area (TPSA) is 55.1 Å². The molecule has 0 saturated heterocycles. The first-order valence-corrected chi connectivity index (χ1v) is 9.66. The first-order valence-electron chi connectivity index (χ1n) is 8.78. The Balaban J connectivity index is 1.68. The van der Waals surface area contributed by atoms with Crippen LogP contribution in [0.4, 0.5) is 0 Å². The van der Waals surface area contributed by atoms with Crippen molar-refractivity contribution in [3.05, 3.63) is 81.7 Å². The molecule has 0 fully saturated rings. The van der Waals surface area contributed by atoms with E-state index >= 15 is 0 Å². The second-order valence-electron chi connectivity index (χ2n) is 6.60. The Morgan fingerprint density at radius 3 is 2.78 bits per heavy atom. The van der Waals surface area contributed by atoms with Crippen molar-refractivity contribution in [2.45, 2.75) is 13.0 Å². The van der Waals surface area contributed by atoms with Gasteiger partial charge in [0.2, 0.25) is 0 Å². The lowest BCUT2D eigenvalue weighted by atomic mass is 10.1. The molecule has 0 aliphatic carbocycles. The molecule has 27 heavy (non-hydrogen) atoms. The zero-order chi connectivity index (χ0) is 18.4. The molecule has 0 spiro atoms. The summed E-state index contributed by atoms with van der Waals surface area (Å²) in [6, 6.07) is 17.1. The van der Waals surface area contributed by atoms with Crippen molar-refractivity contribution >= 4 is 33.2 Å². The van der Waals surface area contributed by atoms with E-state index in [-0.39, 0.29) is 11.3 Å². The van der Waals surface area contributed by atoms with Crippen molar-refractivity contribution in [1.29, 1.82) is 0 Å². The van der Waals surface area contributed by atoms with Crippen molar-refractivity contribution < 1.29 is 5.11 Å². The van der Waals surface area contributed by atoms with Crippen LogP contribution in [-0.4, -0.2) is 14.7 Å². The molecule has 1 aliphatic heterocycles. The van der Waals surface area contributed by atoms with Gasteiger partial charge in [-0.05, 0) is 41.3 Å². The van der Waals surface area contributed by atoms with Crippen LogP contribution in [0.15, 0.2) is 64.8 Å². The van der Waals surface area contributed by atoms with E-state index in [4.69, 9.17) is 4.98 Å². The summed E-state index contributed by atoms with van der Waals surface area (Å²) in [6.45, 7) is 0.631. The summed E-state index contributed by atoms with van der Waals surface area (Å²) in [7, 11) is 0. The Bertz CT molecular complexity index is 1250. The fourth-order valence-corrected chi connectivity index (χ4v) is 4.54. The molecule has 2 aromatic heterocycles. The number of nitrogens with zero attached hydrogens (tertiary/aromatic N) is 2. The first kappa shape index (κ1) is 16.0. The fourth-order valence-electron chi connectivity index (χ4n) is 3.60. The molecule has 0 atom stereocenters. The number of fused-ring (bicyclic) bond motifs is 2. The van der Waals surface area contributed by atoms with E-state index in [2.05, 4.69) is 0 Å². The van der Waals surface area contributed by atoms with Crippen LogP contribution in [0.5, 0.6) is 5.75 Å². The van der Waals surface area contributed by atoms with E-state index < -0.39 is 0 Å². The van der Waals surface area contributed by atoms with Gasteiger partial charge in [-0.25, -0.2) is 4.98 Å². The molecule has 2 aromatic carbocycles. The summed E-state index contributed by atoms with van der Waals surface area (Å²) in [5.41, 5.74) is 3.94. The number of phenolic OH excluding ortho intramolecular Hbond substituents is 1. The van der Waals surface area contributed by atoms with Gasteiger partial charge in [-0.2, -0.15) is 0 Å². The third-order valence-electron chi connectivity index (χ3n) is 4.88. The molecule has 132 valence electrons. The van der Waals surface area contributed by atoms with E-state index in [0.717, 1.165) is 39.3 Å². The van der Waals surface area contributed by atoms with Gasteiger partial charge in [0.15, 0.2) is 0 Å². The molecule has 0 unspecified atom stereocenters. The molecule has 1 aliphatic rings. The van der Waals surface area contributed by atoms with Crippen molar-refractivity contribution in [3.8, 4) is 16.9 Å². The maximum atomic E-state index is 13.2. The number of thiophene rings is 1. The van der Waals surface area contributed by atoms with Crippen molar-refractivity contribution in [2.75, 3.05) is 0 Å². The predicted molar refractivity (Wildman–Crippen MR) is 110 cm³/mol. The van der Waals surface area contributed by atoms with Gasteiger partial charge in [0.25, 0.3) is 5.56 Å². The normalized spacial score (nSPS) is 14.7. The molecule has 5 heteroatoms. The second-order valence-corrected chi connectivity index (χ2v) is 7.46. The predicted octanol–water partition coefficient (Wildman–Crippen LogP) is 4.77. The number of allylic oxidation sites excluding steroid dienone is 1. The van der Waals surface area contributed by atoms with Crippen LogP contribution < -0.4 is 5.56 Å². The van der Waals surface area contributed by atoms with Gasteiger partial charge in [0.05, 0.1) is 5.39 Å².